The van der Waals surface area contributed by atoms with Gasteiger partial charge in [0, 0.05) is 6.04 Å². The molecule has 3 heteroatoms. The normalized spacial score (nSPS) is 24.0. The number of hydrogen-bond acceptors (Lipinski definition) is 3. The smallest absolute Gasteiger partial charge is 0.119 e. The second-order valence-corrected chi connectivity index (χ2v) is 6.57. The Labute approximate surface area is 129 Å². The van der Waals surface area contributed by atoms with Gasteiger partial charge in [0.1, 0.15) is 5.75 Å². The van der Waals surface area contributed by atoms with E-state index in [4.69, 9.17) is 10.6 Å². The summed E-state index contributed by atoms with van der Waals surface area (Å²) in [6.45, 7) is 7.40. The average Bonchev–Trinajstić information content (AvgIpc) is 2.50. The monoisotopic (exact) mass is 290 g/mol. The van der Waals surface area contributed by atoms with Crippen molar-refractivity contribution < 1.29 is 4.74 Å². The van der Waals surface area contributed by atoms with Crippen LogP contribution >= 0.6 is 0 Å². The van der Waals surface area contributed by atoms with Gasteiger partial charge in [0.15, 0.2) is 0 Å². The summed E-state index contributed by atoms with van der Waals surface area (Å²) in [5, 5.41) is 0. The zero-order chi connectivity index (χ0) is 15.2. The first kappa shape index (κ1) is 16.3. The van der Waals surface area contributed by atoms with Gasteiger partial charge in [-0.2, -0.15) is 0 Å². The van der Waals surface area contributed by atoms with Crippen LogP contribution in [0.2, 0.25) is 0 Å². The van der Waals surface area contributed by atoms with E-state index in [2.05, 4.69) is 31.4 Å². The van der Waals surface area contributed by atoms with Crippen LogP contribution in [0, 0.1) is 17.8 Å². The van der Waals surface area contributed by atoms with Crippen LogP contribution < -0.4 is 16.0 Å². The maximum Gasteiger partial charge on any atom is 0.119 e. The molecule has 1 aliphatic carbocycles. The average molecular weight is 290 g/mol. The number of ether oxygens (including phenoxy) is 1. The van der Waals surface area contributed by atoms with Crippen molar-refractivity contribution in [1.29, 1.82) is 0 Å². The summed E-state index contributed by atoms with van der Waals surface area (Å²) < 4.78 is 5.51. The maximum absolute atomic E-state index is 5.85. The van der Waals surface area contributed by atoms with Gasteiger partial charge in [-0.3, -0.25) is 11.3 Å². The fourth-order valence-electron chi connectivity index (χ4n) is 3.59. The first-order valence-electron chi connectivity index (χ1n) is 8.34. The summed E-state index contributed by atoms with van der Waals surface area (Å²) >= 11 is 0. The molecule has 1 aromatic carbocycles. The Kier molecular flexibility index (Phi) is 6.07. The van der Waals surface area contributed by atoms with Gasteiger partial charge in [-0.25, -0.2) is 0 Å². The summed E-state index contributed by atoms with van der Waals surface area (Å²) in [5.74, 6) is 9.11. The van der Waals surface area contributed by atoms with Gasteiger partial charge < -0.3 is 4.74 Å². The molecule has 0 bridgehead atoms. The lowest BCUT2D eigenvalue weighted by Gasteiger charge is -2.35. The first-order chi connectivity index (χ1) is 10.2. The lowest BCUT2D eigenvalue weighted by Crippen LogP contribution is -2.35. The SMILES string of the molecule is CCOc1ccc(C(NN)C2CCC(C(C)C)CC2)cc1. The predicted molar refractivity (Wildman–Crippen MR) is 88.0 cm³/mol. The molecule has 0 heterocycles. The third-order valence-corrected chi connectivity index (χ3v) is 4.96. The fraction of sp³-hybridized carbons (Fsp3) is 0.667. The molecule has 1 saturated carbocycles. The van der Waals surface area contributed by atoms with E-state index in [1.54, 1.807) is 0 Å². The van der Waals surface area contributed by atoms with Crippen molar-refractivity contribution in [2.24, 2.45) is 23.6 Å². The van der Waals surface area contributed by atoms with E-state index in [0.717, 1.165) is 17.6 Å². The Morgan fingerprint density at radius 1 is 1.10 bits per heavy atom. The second-order valence-electron chi connectivity index (χ2n) is 6.57. The van der Waals surface area contributed by atoms with Crippen LogP contribution in [0.3, 0.4) is 0 Å². The van der Waals surface area contributed by atoms with Crippen molar-refractivity contribution in [3.63, 3.8) is 0 Å². The molecular formula is C18H30N2O. The molecule has 1 atom stereocenters. The molecule has 0 spiro atoms. The number of nitrogens with one attached hydrogen (secondary N) is 1. The summed E-state index contributed by atoms with van der Waals surface area (Å²) in [5.41, 5.74) is 4.31. The van der Waals surface area contributed by atoms with E-state index in [1.807, 2.05) is 19.1 Å². The third kappa shape index (κ3) is 4.21. The van der Waals surface area contributed by atoms with Crippen molar-refractivity contribution in [1.82, 2.24) is 5.43 Å². The Morgan fingerprint density at radius 2 is 1.67 bits per heavy atom. The van der Waals surface area contributed by atoms with Crippen LogP contribution in [-0.4, -0.2) is 6.61 Å². The molecule has 118 valence electrons. The standard InChI is InChI=1S/C18H30N2O/c1-4-21-17-11-9-16(10-12-17)18(20-19)15-7-5-14(6-8-15)13(2)3/h9-15,18,20H,4-8,19H2,1-3H3. The number of nitrogens with two attached hydrogens (primary N) is 1. The van der Waals surface area contributed by atoms with E-state index < -0.39 is 0 Å². The van der Waals surface area contributed by atoms with Crippen LogP contribution in [-0.2, 0) is 0 Å². The van der Waals surface area contributed by atoms with Crippen molar-refractivity contribution in [3.8, 4) is 5.75 Å². The highest BCUT2D eigenvalue weighted by molar-refractivity contribution is 5.29. The molecule has 0 aromatic heterocycles. The van der Waals surface area contributed by atoms with Gasteiger partial charge >= 0.3 is 0 Å². The van der Waals surface area contributed by atoms with Gasteiger partial charge in [-0.05, 0) is 68.1 Å². The second kappa shape index (κ2) is 7.81. The lowest BCUT2D eigenvalue weighted by atomic mass is 9.73. The quantitative estimate of drug-likeness (QED) is 0.613. The van der Waals surface area contributed by atoms with Crippen molar-refractivity contribution >= 4 is 0 Å². The zero-order valence-electron chi connectivity index (χ0n) is 13.6. The summed E-state index contributed by atoms with van der Waals surface area (Å²) in [7, 11) is 0. The van der Waals surface area contributed by atoms with Crippen LogP contribution in [0.25, 0.3) is 0 Å². The predicted octanol–water partition coefficient (Wildman–Crippen LogP) is 4.05. The van der Waals surface area contributed by atoms with E-state index in [9.17, 15) is 0 Å². The Morgan fingerprint density at radius 3 is 2.14 bits per heavy atom. The summed E-state index contributed by atoms with van der Waals surface area (Å²) in [4.78, 5) is 0. The van der Waals surface area contributed by atoms with Gasteiger partial charge in [0.05, 0.1) is 6.61 Å². The van der Waals surface area contributed by atoms with Gasteiger partial charge in [0.25, 0.3) is 0 Å². The molecule has 0 saturated heterocycles. The van der Waals surface area contributed by atoms with E-state index in [-0.39, 0.29) is 6.04 Å². The minimum atomic E-state index is 0.258. The topological polar surface area (TPSA) is 47.3 Å². The van der Waals surface area contributed by atoms with Crippen molar-refractivity contribution in [2.45, 2.75) is 52.5 Å². The third-order valence-electron chi connectivity index (χ3n) is 4.96. The minimum absolute atomic E-state index is 0.258. The Balaban J connectivity index is 1.99. The molecule has 1 unspecified atom stereocenters. The Hall–Kier alpha value is -1.06. The van der Waals surface area contributed by atoms with Gasteiger partial charge in [-0.15, -0.1) is 0 Å². The highest BCUT2D eigenvalue weighted by Crippen LogP contribution is 2.39. The van der Waals surface area contributed by atoms with Gasteiger partial charge in [0.2, 0.25) is 0 Å². The fourth-order valence-corrected chi connectivity index (χ4v) is 3.59. The molecule has 21 heavy (non-hydrogen) atoms. The van der Waals surface area contributed by atoms with E-state index in [1.165, 1.54) is 31.2 Å². The number of benzene rings is 1. The summed E-state index contributed by atoms with van der Waals surface area (Å²) in [6, 6.07) is 8.63. The highest BCUT2D eigenvalue weighted by atomic mass is 16.5. The van der Waals surface area contributed by atoms with Crippen LogP contribution in [0.5, 0.6) is 5.75 Å². The zero-order valence-corrected chi connectivity index (χ0v) is 13.6. The molecule has 1 fully saturated rings. The van der Waals surface area contributed by atoms with Crippen LogP contribution in [0.4, 0.5) is 0 Å². The lowest BCUT2D eigenvalue weighted by molar-refractivity contribution is 0.189. The molecule has 1 aliphatic rings. The molecule has 0 amide bonds. The molecule has 1 aromatic rings. The number of rotatable bonds is 6. The van der Waals surface area contributed by atoms with Crippen molar-refractivity contribution in [2.75, 3.05) is 6.61 Å². The molecule has 3 N–H and O–H groups in total. The van der Waals surface area contributed by atoms with E-state index in [0.29, 0.717) is 12.5 Å². The minimum Gasteiger partial charge on any atom is -0.494 e. The summed E-state index contributed by atoms with van der Waals surface area (Å²) in [6.07, 6.45) is 5.20. The first-order valence-corrected chi connectivity index (χ1v) is 8.34. The molecule has 0 radical (unpaired) electrons. The largest absolute Gasteiger partial charge is 0.494 e. The molecule has 2 rings (SSSR count). The van der Waals surface area contributed by atoms with Gasteiger partial charge in [-0.1, -0.05) is 26.0 Å². The highest BCUT2D eigenvalue weighted by Gasteiger charge is 2.29. The van der Waals surface area contributed by atoms with E-state index >= 15 is 0 Å². The molecule has 3 nitrogen and oxygen atoms in total. The van der Waals surface area contributed by atoms with Crippen LogP contribution in [0.15, 0.2) is 24.3 Å². The van der Waals surface area contributed by atoms with Crippen LogP contribution in [0.1, 0.15) is 58.1 Å². The number of hydrazine groups is 1. The maximum atomic E-state index is 5.85. The van der Waals surface area contributed by atoms with Crippen molar-refractivity contribution in [3.05, 3.63) is 29.8 Å². The molecular weight excluding hydrogens is 260 g/mol. The number of hydrogen-bond donors (Lipinski definition) is 2. The molecule has 0 aliphatic heterocycles. The Bertz CT molecular complexity index is 408.